The molecule has 0 aliphatic rings. The molecule has 0 fully saturated rings. The fourth-order valence-corrected chi connectivity index (χ4v) is 4.00. The second-order valence-corrected chi connectivity index (χ2v) is 8.72. The lowest BCUT2D eigenvalue weighted by Crippen LogP contribution is -2.29. The Morgan fingerprint density at radius 3 is 2.46 bits per heavy atom. The number of benzene rings is 2. The molecular weight excluding hydrogens is 440 g/mol. The van der Waals surface area contributed by atoms with E-state index in [2.05, 4.69) is 15.6 Å². The maximum atomic E-state index is 13.1. The summed E-state index contributed by atoms with van der Waals surface area (Å²) in [4.78, 5) is 30.8. The van der Waals surface area contributed by atoms with Crippen LogP contribution in [0.2, 0.25) is 0 Å². The summed E-state index contributed by atoms with van der Waals surface area (Å²) < 4.78 is 3.92. The fourth-order valence-electron chi connectivity index (χ4n) is 4.00. The predicted octanol–water partition coefficient (Wildman–Crippen LogP) is 4.44. The molecule has 0 bridgehead atoms. The molecule has 0 aliphatic heterocycles. The van der Waals surface area contributed by atoms with Crippen molar-refractivity contribution < 1.29 is 9.59 Å². The van der Waals surface area contributed by atoms with Gasteiger partial charge in [0.1, 0.15) is 11.4 Å². The monoisotopic (exact) mass is 470 g/mol. The Hall–Kier alpha value is -4.33. The van der Waals surface area contributed by atoms with Crippen LogP contribution in [-0.2, 0) is 11.3 Å². The molecule has 35 heavy (non-hydrogen) atoms. The molecule has 0 aliphatic carbocycles. The van der Waals surface area contributed by atoms with E-state index in [9.17, 15) is 9.59 Å². The van der Waals surface area contributed by atoms with Gasteiger partial charge in [-0.05, 0) is 35.7 Å². The third-order valence-electron chi connectivity index (χ3n) is 5.64. The third kappa shape index (κ3) is 5.43. The van der Waals surface area contributed by atoms with Crippen LogP contribution in [0.1, 0.15) is 29.8 Å². The summed E-state index contributed by atoms with van der Waals surface area (Å²) in [5.41, 5.74) is 3.91. The SMILES string of the molecule is CNC(=O)c1c(N(C=O)CC(C)C)cn(Cc2ccc(-n3ccnc3)cc2)c1Nc1ccccc1. The number of nitrogens with zero attached hydrogens (tertiary/aromatic N) is 4. The number of imidazole rings is 1. The van der Waals surface area contributed by atoms with Crippen molar-refractivity contribution in [3.05, 3.63) is 90.6 Å². The van der Waals surface area contributed by atoms with Crippen LogP contribution < -0.4 is 15.5 Å². The molecule has 8 heteroatoms. The second kappa shape index (κ2) is 10.7. The fraction of sp³-hybridized carbons (Fsp3) is 0.222. The quantitative estimate of drug-likeness (QED) is 0.336. The Labute approximate surface area is 205 Å². The van der Waals surface area contributed by atoms with Crippen molar-refractivity contribution in [1.29, 1.82) is 0 Å². The Morgan fingerprint density at radius 1 is 1.11 bits per heavy atom. The van der Waals surface area contributed by atoms with Gasteiger partial charge >= 0.3 is 0 Å². The molecule has 2 heterocycles. The van der Waals surface area contributed by atoms with E-state index in [4.69, 9.17) is 0 Å². The van der Waals surface area contributed by atoms with Crippen LogP contribution in [0.5, 0.6) is 0 Å². The van der Waals surface area contributed by atoms with Gasteiger partial charge in [-0.3, -0.25) is 9.59 Å². The molecule has 0 radical (unpaired) electrons. The van der Waals surface area contributed by atoms with Gasteiger partial charge in [-0.25, -0.2) is 4.98 Å². The lowest BCUT2D eigenvalue weighted by molar-refractivity contribution is -0.107. The molecule has 2 aromatic heterocycles. The normalized spacial score (nSPS) is 10.9. The van der Waals surface area contributed by atoms with Crippen LogP contribution in [0.3, 0.4) is 0 Å². The van der Waals surface area contributed by atoms with Crippen molar-refractivity contribution in [2.75, 3.05) is 23.8 Å². The number of carbonyl (C=O) groups excluding carboxylic acids is 2. The minimum absolute atomic E-state index is 0.238. The van der Waals surface area contributed by atoms with E-state index in [1.54, 1.807) is 24.5 Å². The zero-order valence-corrected chi connectivity index (χ0v) is 20.2. The highest BCUT2D eigenvalue weighted by atomic mass is 16.2. The highest BCUT2D eigenvalue weighted by Crippen LogP contribution is 2.33. The Bertz CT molecular complexity index is 1260. The molecule has 0 saturated heterocycles. The molecule has 0 unspecified atom stereocenters. The van der Waals surface area contributed by atoms with E-state index in [0.717, 1.165) is 23.3 Å². The van der Waals surface area contributed by atoms with Crippen LogP contribution in [0, 0.1) is 5.92 Å². The summed E-state index contributed by atoms with van der Waals surface area (Å²) in [6, 6.07) is 17.8. The van der Waals surface area contributed by atoms with E-state index in [-0.39, 0.29) is 11.8 Å². The molecule has 4 aromatic rings. The molecule has 180 valence electrons. The largest absolute Gasteiger partial charge is 0.355 e. The van der Waals surface area contributed by atoms with E-state index in [1.165, 1.54) is 0 Å². The summed E-state index contributed by atoms with van der Waals surface area (Å²) in [7, 11) is 1.60. The Morgan fingerprint density at radius 2 is 1.86 bits per heavy atom. The maximum absolute atomic E-state index is 13.1. The van der Waals surface area contributed by atoms with Crippen molar-refractivity contribution in [1.82, 2.24) is 19.4 Å². The van der Waals surface area contributed by atoms with Crippen LogP contribution in [0.4, 0.5) is 17.2 Å². The lowest BCUT2D eigenvalue weighted by Gasteiger charge is -2.20. The first kappa shape index (κ1) is 23.8. The molecule has 2 amide bonds. The molecule has 2 N–H and O–H groups in total. The number of carbonyl (C=O) groups is 2. The average molecular weight is 471 g/mol. The number of hydrogen-bond acceptors (Lipinski definition) is 4. The summed E-state index contributed by atoms with van der Waals surface area (Å²) in [6.07, 6.45) is 8.06. The van der Waals surface area contributed by atoms with E-state index >= 15 is 0 Å². The summed E-state index contributed by atoms with van der Waals surface area (Å²) in [5.74, 6) is 0.602. The van der Waals surface area contributed by atoms with Gasteiger partial charge in [0.2, 0.25) is 6.41 Å². The number of rotatable bonds is 10. The predicted molar refractivity (Wildman–Crippen MR) is 138 cm³/mol. The smallest absolute Gasteiger partial charge is 0.256 e. The molecule has 0 saturated carbocycles. The highest BCUT2D eigenvalue weighted by molar-refractivity contribution is 6.07. The maximum Gasteiger partial charge on any atom is 0.256 e. The second-order valence-electron chi connectivity index (χ2n) is 8.72. The summed E-state index contributed by atoms with van der Waals surface area (Å²) >= 11 is 0. The third-order valence-corrected chi connectivity index (χ3v) is 5.64. The van der Waals surface area contributed by atoms with Crippen molar-refractivity contribution in [3.8, 4) is 5.69 Å². The highest BCUT2D eigenvalue weighted by Gasteiger charge is 2.26. The van der Waals surface area contributed by atoms with Gasteiger partial charge in [-0.15, -0.1) is 0 Å². The summed E-state index contributed by atoms with van der Waals surface area (Å²) in [5, 5.41) is 6.15. The molecular formula is C27H30N6O2. The van der Waals surface area contributed by atoms with Crippen molar-refractivity contribution in [3.63, 3.8) is 0 Å². The minimum atomic E-state index is -0.261. The van der Waals surface area contributed by atoms with Crippen LogP contribution in [-0.4, -0.2) is 40.0 Å². The zero-order valence-electron chi connectivity index (χ0n) is 20.2. The van der Waals surface area contributed by atoms with E-state index in [1.807, 2.05) is 90.0 Å². The van der Waals surface area contributed by atoms with Gasteiger partial charge in [0.15, 0.2) is 0 Å². The lowest BCUT2D eigenvalue weighted by atomic mass is 10.1. The van der Waals surface area contributed by atoms with Crippen LogP contribution in [0.15, 0.2) is 79.5 Å². The average Bonchev–Trinajstić information content (AvgIpc) is 3.52. The van der Waals surface area contributed by atoms with Crippen LogP contribution >= 0.6 is 0 Å². The van der Waals surface area contributed by atoms with E-state index < -0.39 is 0 Å². The van der Waals surface area contributed by atoms with Crippen molar-refractivity contribution in [2.24, 2.45) is 5.92 Å². The molecule has 4 rings (SSSR count). The summed E-state index contributed by atoms with van der Waals surface area (Å²) in [6.45, 7) is 5.09. The minimum Gasteiger partial charge on any atom is -0.355 e. The first-order valence-electron chi connectivity index (χ1n) is 11.6. The number of para-hydroxylation sites is 1. The van der Waals surface area contributed by atoms with Crippen LogP contribution in [0.25, 0.3) is 5.69 Å². The topological polar surface area (TPSA) is 84.2 Å². The number of nitrogens with one attached hydrogen (secondary N) is 2. The van der Waals surface area contributed by atoms with Gasteiger partial charge in [0.25, 0.3) is 5.91 Å². The molecule has 0 spiro atoms. The number of hydrogen-bond donors (Lipinski definition) is 2. The number of amides is 2. The van der Waals surface area contributed by atoms with Gasteiger partial charge in [-0.1, -0.05) is 44.2 Å². The standard InChI is InChI=1S/C27H30N6O2/c1-20(2)15-33(19-34)24-17-32(16-21-9-11-23(12-10-21)31-14-13-29-18-31)26(25(24)27(35)28-3)30-22-7-5-4-6-8-22/h4-14,17-20,30H,15-16H2,1-3H3,(H,28,35). The van der Waals surface area contributed by atoms with Gasteiger partial charge in [0, 0.05) is 50.1 Å². The Kier molecular flexibility index (Phi) is 7.30. The zero-order chi connectivity index (χ0) is 24.8. The van der Waals surface area contributed by atoms with Gasteiger partial charge in [-0.2, -0.15) is 0 Å². The van der Waals surface area contributed by atoms with Gasteiger partial charge < -0.3 is 24.7 Å². The first-order chi connectivity index (χ1) is 17.0. The molecule has 8 nitrogen and oxygen atoms in total. The molecule has 2 aromatic carbocycles. The van der Waals surface area contributed by atoms with Crippen molar-refractivity contribution >= 4 is 29.5 Å². The van der Waals surface area contributed by atoms with E-state index in [0.29, 0.717) is 30.2 Å². The van der Waals surface area contributed by atoms with Gasteiger partial charge in [0.05, 0.1) is 12.0 Å². The first-order valence-corrected chi connectivity index (χ1v) is 11.6. The van der Waals surface area contributed by atoms with Crippen molar-refractivity contribution in [2.45, 2.75) is 20.4 Å². The molecule has 0 atom stereocenters. The number of aromatic nitrogens is 3. The number of anilines is 3. The Balaban J connectivity index is 1.77.